The van der Waals surface area contributed by atoms with Crippen LogP contribution in [0.4, 0.5) is 0 Å². The van der Waals surface area contributed by atoms with E-state index in [4.69, 9.17) is 9.47 Å². The van der Waals surface area contributed by atoms with Gasteiger partial charge in [-0.25, -0.2) is 4.79 Å². The number of benzene rings is 2. The minimum absolute atomic E-state index is 0.244. The van der Waals surface area contributed by atoms with Gasteiger partial charge in [0.15, 0.2) is 0 Å². The van der Waals surface area contributed by atoms with Gasteiger partial charge in [-0.3, -0.25) is 4.79 Å². The maximum absolute atomic E-state index is 12.2. The van der Waals surface area contributed by atoms with Crippen LogP contribution in [0.15, 0.2) is 48.5 Å². The summed E-state index contributed by atoms with van der Waals surface area (Å²) >= 11 is 0. The number of rotatable bonds is 5. The molecule has 1 atom stereocenters. The first-order valence-electron chi connectivity index (χ1n) is 7.22. The van der Waals surface area contributed by atoms with Crippen LogP contribution in [0.3, 0.4) is 0 Å². The highest BCUT2D eigenvalue weighted by molar-refractivity contribution is 5.85. The highest BCUT2D eigenvalue weighted by atomic mass is 16.6. The van der Waals surface area contributed by atoms with Crippen molar-refractivity contribution in [1.82, 2.24) is 0 Å². The molecule has 112 valence electrons. The summed E-state index contributed by atoms with van der Waals surface area (Å²) in [5, 5.41) is 0. The number of hydrogen-bond acceptors (Lipinski definition) is 4. The first-order chi connectivity index (χ1) is 10.8. The third-order valence-electron chi connectivity index (χ3n) is 3.91. The van der Waals surface area contributed by atoms with Gasteiger partial charge in [0, 0.05) is 0 Å². The lowest BCUT2D eigenvalue weighted by Gasteiger charge is -2.22. The van der Waals surface area contributed by atoms with E-state index in [1.807, 2.05) is 48.5 Å². The van der Waals surface area contributed by atoms with Crippen molar-refractivity contribution in [3.8, 4) is 11.1 Å². The van der Waals surface area contributed by atoms with Gasteiger partial charge in [-0.15, -0.1) is 0 Å². The lowest BCUT2D eigenvalue weighted by molar-refractivity contribution is -0.162. The van der Waals surface area contributed by atoms with Crippen molar-refractivity contribution in [1.29, 1.82) is 0 Å². The standard InChI is InChI=1S/C18H16O4/c1-2-21-18(20)17(22-11-19)16-14-9-5-3-7-12(14)13-8-4-6-10-15(13)16/h3-11,16-17H,2H2,1H3. The van der Waals surface area contributed by atoms with E-state index in [-0.39, 0.29) is 12.5 Å². The van der Waals surface area contributed by atoms with Crippen molar-refractivity contribution >= 4 is 12.4 Å². The van der Waals surface area contributed by atoms with Crippen molar-refractivity contribution in [2.45, 2.75) is 18.9 Å². The second kappa shape index (κ2) is 6.02. The zero-order chi connectivity index (χ0) is 15.5. The number of esters is 1. The van der Waals surface area contributed by atoms with E-state index in [1.54, 1.807) is 6.92 Å². The molecule has 3 rings (SSSR count). The molecule has 0 heterocycles. The molecule has 2 aromatic carbocycles. The molecule has 1 unspecified atom stereocenters. The Morgan fingerprint density at radius 2 is 1.64 bits per heavy atom. The minimum atomic E-state index is -0.970. The van der Waals surface area contributed by atoms with E-state index >= 15 is 0 Å². The Balaban J connectivity index is 2.12. The van der Waals surface area contributed by atoms with E-state index in [1.165, 1.54) is 0 Å². The van der Waals surface area contributed by atoms with Gasteiger partial charge in [-0.1, -0.05) is 48.5 Å². The molecule has 0 N–H and O–H groups in total. The van der Waals surface area contributed by atoms with Gasteiger partial charge in [0.2, 0.25) is 6.10 Å². The quantitative estimate of drug-likeness (QED) is 0.629. The Kier molecular flexibility index (Phi) is 3.92. The molecule has 0 saturated carbocycles. The summed E-state index contributed by atoms with van der Waals surface area (Å²) in [4.78, 5) is 23.1. The van der Waals surface area contributed by atoms with Gasteiger partial charge in [0.25, 0.3) is 6.47 Å². The van der Waals surface area contributed by atoms with Gasteiger partial charge >= 0.3 is 5.97 Å². The van der Waals surface area contributed by atoms with Crippen LogP contribution in [0.2, 0.25) is 0 Å². The summed E-state index contributed by atoms with van der Waals surface area (Å²) in [6, 6.07) is 15.7. The van der Waals surface area contributed by atoms with Gasteiger partial charge in [0.05, 0.1) is 12.5 Å². The van der Waals surface area contributed by atoms with Gasteiger partial charge in [-0.2, -0.15) is 0 Å². The molecule has 0 saturated heterocycles. The normalized spacial score (nSPS) is 13.9. The molecule has 1 aliphatic carbocycles. The topological polar surface area (TPSA) is 52.6 Å². The molecule has 1 aliphatic rings. The van der Waals surface area contributed by atoms with Crippen molar-refractivity contribution in [3.63, 3.8) is 0 Å². The van der Waals surface area contributed by atoms with Crippen LogP contribution in [0.5, 0.6) is 0 Å². The zero-order valence-corrected chi connectivity index (χ0v) is 12.2. The van der Waals surface area contributed by atoms with Crippen molar-refractivity contribution in [2.24, 2.45) is 0 Å². The van der Waals surface area contributed by atoms with Crippen LogP contribution in [-0.2, 0) is 19.1 Å². The second-order valence-electron chi connectivity index (χ2n) is 5.06. The Labute approximate surface area is 128 Å². The molecule has 2 aromatic rings. The average molecular weight is 296 g/mol. The Morgan fingerprint density at radius 1 is 1.09 bits per heavy atom. The molecule has 0 bridgehead atoms. The molecule has 0 radical (unpaired) electrons. The number of carbonyl (C=O) groups excluding carboxylic acids is 2. The van der Waals surface area contributed by atoms with E-state index in [0.29, 0.717) is 6.47 Å². The highest BCUT2D eigenvalue weighted by Crippen LogP contribution is 2.46. The molecular formula is C18H16O4. The van der Waals surface area contributed by atoms with Crippen LogP contribution in [0, 0.1) is 0 Å². The molecule has 0 aliphatic heterocycles. The molecular weight excluding hydrogens is 280 g/mol. The number of ether oxygens (including phenoxy) is 2. The zero-order valence-electron chi connectivity index (χ0n) is 12.2. The molecule has 0 aromatic heterocycles. The predicted octanol–water partition coefficient (Wildman–Crippen LogP) is 2.90. The maximum Gasteiger partial charge on any atom is 0.348 e. The lowest BCUT2D eigenvalue weighted by atomic mass is 9.91. The minimum Gasteiger partial charge on any atom is -0.463 e. The van der Waals surface area contributed by atoms with E-state index in [0.717, 1.165) is 22.3 Å². The van der Waals surface area contributed by atoms with Crippen LogP contribution in [0.1, 0.15) is 24.0 Å². The Morgan fingerprint density at radius 3 is 2.14 bits per heavy atom. The van der Waals surface area contributed by atoms with E-state index in [2.05, 4.69) is 0 Å². The first kappa shape index (κ1) is 14.3. The van der Waals surface area contributed by atoms with E-state index in [9.17, 15) is 9.59 Å². The first-order valence-corrected chi connectivity index (χ1v) is 7.22. The van der Waals surface area contributed by atoms with Crippen LogP contribution in [0.25, 0.3) is 11.1 Å². The maximum atomic E-state index is 12.2. The summed E-state index contributed by atoms with van der Waals surface area (Å²) in [5.41, 5.74) is 4.08. The number of carbonyl (C=O) groups is 2. The molecule has 4 nitrogen and oxygen atoms in total. The highest BCUT2D eigenvalue weighted by Gasteiger charge is 2.40. The fourth-order valence-electron chi connectivity index (χ4n) is 3.08. The van der Waals surface area contributed by atoms with Crippen LogP contribution < -0.4 is 0 Å². The Bertz CT molecular complexity index is 662. The summed E-state index contributed by atoms with van der Waals surface area (Å²) in [6.07, 6.45) is -0.970. The van der Waals surface area contributed by atoms with Gasteiger partial charge in [0.1, 0.15) is 0 Å². The summed E-state index contributed by atoms with van der Waals surface area (Å²) in [5.74, 6) is -0.859. The summed E-state index contributed by atoms with van der Waals surface area (Å²) in [6.45, 7) is 2.28. The van der Waals surface area contributed by atoms with Crippen LogP contribution in [-0.4, -0.2) is 25.2 Å². The van der Waals surface area contributed by atoms with Crippen molar-refractivity contribution < 1.29 is 19.1 Å². The van der Waals surface area contributed by atoms with Gasteiger partial charge < -0.3 is 9.47 Å². The predicted molar refractivity (Wildman–Crippen MR) is 81.3 cm³/mol. The third-order valence-corrected chi connectivity index (χ3v) is 3.91. The molecule has 0 spiro atoms. The van der Waals surface area contributed by atoms with Gasteiger partial charge in [-0.05, 0) is 29.2 Å². The molecule has 22 heavy (non-hydrogen) atoms. The molecule has 4 heteroatoms. The molecule has 0 fully saturated rings. The lowest BCUT2D eigenvalue weighted by Crippen LogP contribution is -2.32. The summed E-state index contributed by atoms with van der Waals surface area (Å²) in [7, 11) is 0. The van der Waals surface area contributed by atoms with Crippen molar-refractivity contribution in [3.05, 3.63) is 59.7 Å². The average Bonchev–Trinajstić information content (AvgIpc) is 2.87. The summed E-state index contributed by atoms with van der Waals surface area (Å²) < 4.78 is 10.2. The number of hydrogen-bond donors (Lipinski definition) is 0. The Hall–Kier alpha value is -2.62. The fraction of sp³-hybridized carbons (Fsp3) is 0.222. The largest absolute Gasteiger partial charge is 0.463 e. The number of fused-ring (bicyclic) bond motifs is 3. The van der Waals surface area contributed by atoms with E-state index < -0.39 is 12.1 Å². The smallest absolute Gasteiger partial charge is 0.348 e. The second-order valence-corrected chi connectivity index (χ2v) is 5.06. The monoisotopic (exact) mass is 296 g/mol. The molecule has 0 amide bonds. The SMILES string of the molecule is CCOC(=O)C(OC=O)C1c2ccccc2-c2ccccc21. The van der Waals surface area contributed by atoms with Crippen LogP contribution >= 0.6 is 0 Å². The fourth-order valence-corrected chi connectivity index (χ4v) is 3.08. The third kappa shape index (κ3) is 2.26. The van der Waals surface area contributed by atoms with Crippen molar-refractivity contribution in [2.75, 3.05) is 6.61 Å².